The summed E-state index contributed by atoms with van der Waals surface area (Å²) in [7, 11) is 1.50. The average molecular weight is 261 g/mol. The number of likely N-dealkylation sites (N-methyl/N-ethyl adjacent to an activating group) is 1. The highest BCUT2D eigenvalue weighted by molar-refractivity contribution is 9.10. The second-order valence-corrected chi connectivity index (χ2v) is 3.18. The third kappa shape index (κ3) is 2.59. The standard InChI is InChI=1S/C8H9BrN2O3/c1-10-6(12)4-11-8(13)5-2-3-14-7(5)9/h2-3H,4H2,1H3,(H,10,12)(H,11,13). The molecule has 1 heterocycles. The van der Waals surface area contributed by atoms with Gasteiger partial charge in [-0.05, 0) is 22.0 Å². The fourth-order valence-electron chi connectivity index (χ4n) is 0.800. The maximum absolute atomic E-state index is 11.4. The highest BCUT2D eigenvalue weighted by Crippen LogP contribution is 2.16. The molecule has 0 aliphatic rings. The van der Waals surface area contributed by atoms with E-state index in [1.165, 1.54) is 19.4 Å². The van der Waals surface area contributed by atoms with E-state index in [9.17, 15) is 9.59 Å². The van der Waals surface area contributed by atoms with Gasteiger partial charge in [0.1, 0.15) is 0 Å². The van der Waals surface area contributed by atoms with Crippen molar-refractivity contribution >= 4 is 27.7 Å². The van der Waals surface area contributed by atoms with Gasteiger partial charge in [0.25, 0.3) is 5.91 Å². The van der Waals surface area contributed by atoms with Gasteiger partial charge < -0.3 is 15.1 Å². The average Bonchev–Trinajstić information content (AvgIpc) is 2.60. The van der Waals surface area contributed by atoms with Crippen molar-refractivity contribution in [3.63, 3.8) is 0 Å². The predicted octanol–water partition coefficient (Wildman–Crippen LogP) is 0.518. The quantitative estimate of drug-likeness (QED) is 0.833. The van der Waals surface area contributed by atoms with E-state index < -0.39 is 0 Å². The first-order valence-electron chi connectivity index (χ1n) is 3.87. The molecule has 5 nitrogen and oxygen atoms in total. The van der Waals surface area contributed by atoms with Crippen LogP contribution in [0.15, 0.2) is 21.4 Å². The highest BCUT2D eigenvalue weighted by Gasteiger charge is 2.12. The van der Waals surface area contributed by atoms with E-state index in [0.29, 0.717) is 10.2 Å². The number of nitrogens with one attached hydrogen (secondary N) is 2. The Kier molecular flexibility index (Phi) is 3.70. The molecular weight excluding hydrogens is 252 g/mol. The first-order valence-corrected chi connectivity index (χ1v) is 4.66. The van der Waals surface area contributed by atoms with E-state index in [1.807, 2.05) is 0 Å². The maximum Gasteiger partial charge on any atom is 0.256 e. The van der Waals surface area contributed by atoms with Crippen molar-refractivity contribution in [2.24, 2.45) is 0 Å². The van der Waals surface area contributed by atoms with Gasteiger partial charge in [0, 0.05) is 7.05 Å². The number of halogens is 1. The zero-order valence-electron chi connectivity index (χ0n) is 7.46. The smallest absolute Gasteiger partial charge is 0.256 e. The zero-order valence-corrected chi connectivity index (χ0v) is 9.05. The van der Waals surface area contributed by atoms with E-state index in [-0.39, 0.29) is 18.4 Å². The van der Waals surface area contributed by atoms with E-state index >= 15 is 0 Å². The minimum Gasteiger partial charge on any atom is -0.457 e. The number of amides is 2. The molecule has 0 aliphatic carbocycles. The number of furan rings is 1. The zero-order chi connectivity index (χ0) is 10.6. The summed E-state index contributed by atoms with van der Waals surface area (Å²) in [6.07, 6.45) is 1.39. The lowest BCUT2D eigenvalue weighted by molar-refractivity contribution is -0.119. The van der Waals surface area contributed by atoms with Crippen LogP contribution in [0.1, 0.15) is 10.4 Å². The van der Waals surface area contributed by atoms with Crippen LogP contribution in [0.3, 0.4) is 0 Å². The molecule has 1 aromatic heterocycles. The van der Waals surface area contributed by atoms with Crippen LogP contribution in [0.4, 0.5) is 0 Å². The van der Waals surface area contributed by atoms with Gasteiger partial charge >= 0.3 is 0 Å². The molecule has 0 aliphatic heterocycles. The molecule has 76 valence electrons. The summed E-state index contributed by atoms with van der Waals surface area (Å²) in [6.45, 7) is -0.0487. The van der Waals surface area contributed by atoms with Gasteiger partial charge in [0.05, 0.1) is 18.4 Å². The first-order chi connectivity index (χ1) is 6.65. The number of rotatable bonds is 3. The normalized spacial score (nSPS) is 9.57. The van der Waals surface area contributed by atoms with Gasteiger partial charge in [-0.2, -0.15) is 0 Å². The van der Waals surface area contributed by atoms with Crippen molar-refractivity contribution < 1.29 is 14.0 Å². The molecule has 2 N–H and O–H groups in total. The summed E-state index contributed by atoms with van der Waals surface area (Å²) in [6, 6.07) is 1.52. The molecule has 0 aromatic carbocycles. The van der Waals surface area contributed by atoms with Crippen LogP contribution in [0.5, 0.6) is 0 Å². The van der Waals surface area contributed by atoms with E-state index in [2.05, 4.69) is 26.6 Å². The van der Waals surface area contributed by atoms with Crippen molar-refractivity contribution in [2.45, 2.75) is 0 Å². The Morgan fingerprint density at radius 3 is 2.79 bits per heavy atom. The minimum absolute atomic E-state index is 0.0487. The lowest BCUT2D eigenvalue weighted by atomic mass is 10.3. The Labute approximate surface area is 89.0 Å². The van der Waals surface area contributed by atoms with Crippen molar-refractivity contribution in [3.8, 4) is 0 Å². The summed E-state index contributed by atoms with van der Waals surface area (Å²) in [5.74, 6) is -0.604. The summed E-state index contributed by atoms with van der Waals surface area (Å²) >= 11 is 3.06. The Balaban J connectivity index is 2.52. The van der Waals surface area contributed by atoms with Crippen LogP contribution in [0, 0.1) is 0 Å². The van der Waals surface area contributed by atoms with Gasteiger partial charge in [-0.1, -0.05) is 0 Å². The molecule has 0 fully saturated rings. The maximum atomic E-state index is 11.4. The van der Waals surface area contributed by atoms with Crippen molar-refractivity contribution in [1.29, 1.82) is 0 Å². The van der Waals surface area contributed by atoms with Crippen molar-refractivity contribution in [1.82, 2.24) is 10.6 Å². The molecule has 0 unspecified atom stereocenters. The summed E-state index contributed by atoms with van der Waals surface area (Å²) < 4.78 is 5.23. The molecule has 1 rings (SSSR count). The lowest BCUT2D eigenvalue weighted by Gasteiger charge is -2.01. The number of hydrogen-bond donors (Lipinski definition) is 2. The third-order valence-electron chi connectivity index (χ3n) is 1.55. The fraction of sp³-hybridized carbons (Fsp3) is 0.250. The summed E-state index contributed by atoms with van der Waals surface area (Å²) in [4.78, 5) is 22.2. The second-order valence-electron chi connectivity index (χ2n) is 2.46. The largest absolute Gasteiger partial charge is 0.457 e. The van der Waals surface area contributed by atoms with Crippen LogP contribution in [-0.4, -0.2) is 25.4 Å². The molecule has 2 amide bonds. The number of carbonyl (C=O) groups excluding carboxylic acids is 2. The Morgan fingerprint density at radius 2 is 2.29 bits per heavy atom. The first kappa shape index (κ1) is 10.8. The van der Waals surface area contributed by atoms with Crippen LogP contribution in [0.25, 0.3) is 0 Å². The van der Waals surface area contributed by atoms with Crippen LogP contribution in [-0.2, 0) is 4.79 Å². The molecular formula is C8H9BrN2O3. The molecule has 0 radical (unpaired) electrons. The van der Waals surface area contributed by atoms with E-state index in [0.717, 1.165) is 0 Å². The Hall–Kier alpha value is -1.30. The Bertz CT molecular complexity index is 348. The SMILES string of the molecule is CNC(=O)CNC(=O)c1ccoc1Br. The topological polar surface area (TPSA) is 71.3 Å². The summed E-state index contributed by atoms with van der Waals surface area (Å²) in [5, 5.41) is 4.83. The minimum atomic E-state index is -0.353. The highest BCUT2D eigenvalue weighted by atomic mass is 79.9. The fourth-order valence-corrected chi connectivity index (χ4v) is 1.22. The van der Waals surface area contributed by atoms with Crippen molar-refractivity contribution in [2.75, 3.05) is 13.6 Å². The molecule has 0 saturated heterocycles. The van der Waals surface area contributed by atoms with Gasteiger partial charge in [-0.3, -0.25) is 9.59 Å². The Morgan fingerprint density at radius 1 is 1.57 bits per heavy atom. The van der Waals surface area contributed by atoms with Gasteiger partial charge in [0.2, 0.25) is 5.91 Å². The van der Waals surface area contributed by atoms with Gasteiger partial charge in [-0.25, -0.2) is 0 Å². The molecule has 0 spiro atoms. The third-order valence-corrected chi connectivity index (χ3v) is 2.17. The monoisotopic (exact) mass is 260 g/mol. The van der Waals surface area contributed by atoms with E-state index in [1.54, 1.807) is 0 Å². The molecule has 14 heavy (non-hydrogen) atoms. The van der Waals surface area contributed by atoms with Gasteiger partial charge in [0.15, 0.2) is 4.67 Å². The second kappa shape index (κ2) is 4.80. The van der Waals surface area contributed by atoms with Crippen LogP contribution < -0.4 is 10.6 Å². The van der Waals surface area contributed by atoms with E-state index in [4.69, 9.17) is 4.42 Å². The lowest BCUT2D eigenvalue weighted by Crippen LogP contribution is -2.35. The predicted molar refractivity (Wildman–Crippen MR) is 52.8 cm³/mol. The van der Waals surface area contributed by atoms with Gasteiger partial charge in [-0.15, -0.1) is 0 Å². The molecule has 0 bridgehead atoms. The van der Waals surface area contributed by atoms with Crippen molar-refractivity contribution in [3.05, 3.63) is 22.6 Å². The molecule has 6 heteroatoms. The number of hydrogen-bond acceptors (Lipinski definition) is 3. The van der Waals surface area contributed by atoms with Crippen LogP contribution >= 0.6 is 15.9 Å². The number of carbonyl (C=O) groups is 2. The molecule has 1 aromatic rings. The molecule has 0 saturated carbocycles. The summed E-state index contributed by atoms with van der Waals surface area (Å²) in [5.41, 5.74) is 0.369. The molecule has 0 atom stereocenters. The van der Waals surface area contributed by atoms with Crippen LogP contribution in [0.2, 0.25) is 0 Å².